The van der Waals surface area contributed by atoms with Crippen molar-refractivity contribution in [3.05, 3.63) is 118 Å². The Labute approximate surface area is 232 Å². The van der Waals surface area contributed by atoms with Crippen LogP contribution in [0, 0.1) is 17.0 Å². The van der Waals surface area contributed by atoms with Crippen LogP contribution in [0.4, 0.5) is 17.2 Å². The van der Waals surface area contributed by atoms with Gasteiger partial charge in [0.25, 0.3) is 17.5 Å². The lowest BCUT2D eigenvalue weighted by atomic mass is 10.1. The third-order valence-electron chi connectivity index (χ3n) is 5.32. The van der Waals surface area contributed by atoms with E-state index in [2.05, 4.69) is 21.1 Å². The van der Waals surface area contributed by atoms with Gasteiger partial charge in [0.1, 0.15) is 11.5 Å². The monoisotopic (exact) mass is 557 g/mol. The van der Waals surface area contributed by atoms with Gasteiger partial charge in [-0.1, -0.05) is 23.4 Å². The second kappa shape index (κ2) is 13.0. The van der Waals surface area contributed by atoms with Crippen LogP contribution >= 0.6 is 11.8 Å². The molecule has 12 heteroatoms. The van der Waals surface area contributed by atoms with Crippen LogP contribution in [0.1, 0.15) is 21.7 Å². The smallest absolute Gasteiger partial charge is 0.272 e. The first-order chi connectivity index (χ1) is 19.3. The van der Waals surface area contributed by atoms with Crippen molar-refractivity contribution in [2.24, 2.45) is 0 Å². The van der Waals surface area contributed by atoms with Crippen molar-refractivity contribution in [3.8, 4) is 0 Å². The Morgan fingerprint density at radius 3 is 2.30 bits per heavy atom. The number of anilines is 2. The number of nitro benzene ring substituents is 1. The van der Waals surface area contributed by atoms with Gasteiger partial charge in [-0.3, -0.25) is 24.5 Å². The summed E-state index contributed by atoms with van der Waals surface area (Å²) in [7, 11) is 0. The molecule has 0 aliphatic rings. The maximum absolute atomic E-state index is 13.2. The predicted octanol–water partition coefficient (Wildman–Crippen LogP) is 5.03. The SMILES string of the molecule is Cc1cc(NC(=O)CSc2ccc(NC(=O)/C(=C/c3ccc([N+](=O)[O-])cc3)NC(=O)c3ccccc3)cc2)no1. The molecule has 3 aromatic carbocycles. The van der Waals surface area contributed by atoms with Gasteiger partial charge in [-0.05, 0) is 67.1 Å². The van der Waals surface area contributed by atoms with Crippen LogP contribution in [0.3, 0.4) is 0 Å². The number of carbonyl (C=O) groups is 3. The van der Waals surface area contributed by atoms with Gasteiger partial charge in [-0.2, -0.15) is 0 Å². The molecule has 202 valence electrons. The van der Waals surface area contributed by atoms with Crippen molar-refractivity contribution in [1.29, 1.82) is 0 Å². The van der Waals surface area contributed by atoms with Gasteiger partial charge in [0, 0.05) is 34.3 Å². The normalized spacial score (nSPS) is 11.0. The fraction of sp³-hybridized carbons (Fsp3) is 0.0714. The van der Waals surface area contributed by atoms with E-state index in [0.717, 1.165) is 4.90 Å². The minimum Gasteiger partial charge on any atom is -0.360 e. The summed E-state index contributed by atoms with van der Waals surface area (Å²) in [5.41, 5.74) is 1.14. The number of non-ortho nitro benzene ring substituents is 1. The number of nitrogens with one attached hydrogen (secondary N) is 3. The molecule has 1 aromatic heterocycles. The van der Waals surface area contributed by atoms with Crippen LogP contribution in [0.2, 0.25) is 0 Å². The quantitative estimate of drug-likeness (QED) is 0.106. The molecule has 0 aliphatic heterocycles. The van der Waals surface area contributed by atoms with E-state index in [4.69, 9.17) is 4.52 Å². The van der Waals surface area contributed by atoms with E-state index in [0.29, 0.717) is 28.4 Å². The maximum Gasteiger partial charge on any atom is 0.272 e. The number of nitro groups is 1. The minimum atomic E-state index is -0.592. The highest BCUT2D eigenvalue weighted by molar-refractivity contribution is 8.00. The van der Waals surface area contributed by atoms with Crippen LogP contribution in [0.15, 0.2) is 100 Å². The number of hydrogen-bond donors (Lipinski definition) is 3. The Hall–Kier alpha value is -5.23. The molecule has 0 saturated heterocycles. The number of carbonyl (C=O) groups excluding carboxylic acids is 3. The predicted molar refractivity (Wildman–Crippen MR) is 151 cm³/mol. The van der Waals surface area contributed by atoms with Gasteiger partial charge in [-0.15, -0.1) is 11.8 Å². The second-order valence-electron chi connectivity index (χ2n) is 8.36. The lowest BCUT2D eigenvalue weighted by Gasteiger charge is -2.12. The average molecular weight is 558 g/mol. The standard InChI is InChI=1S/C28H23N5O6S/c1-18-15-25(32-39-18)31-26(34)17-40-23-13-9-21(10-14-23)29-28(36)24(30-27(35)20-5-3-2-4-6-20)16-19-7-11-22(12-8-19)33(37)38/h2-16H,17H2,1H3,(H,29,36)(H,30,35)(H,31,32,34)/b24-16-. The Balaban J connectivity index is 1.43. The molecule has 0 saturated carbocycles. The summed E-state index contributed by atoms with van der Waals surface area (Å²) >= 11 is 1.30. The lowest BCUT2D eigenvalue weighted by Crippen LogP contribution is -2.30. The molecular weight excluding hydrogens is 534 g/mol. The fourth-order valence-corrected chi connectivity index (χ4v) is 4.09. The summed E-state index contributed by atoms with van der Waals surface area (Å²) in [6.07, 6.45) is 1.43. The zero-order valence-corrected chi connectivity index (χ0v) is 21.9. The molecule has 3 amide bonds. The van der Waals surface area contributed by atoms with E-state index in [1.54, 1.807) is 67.6 Å². The lowest BCUT2D eigenvalue weighted by molar-refractivity contribution is -0.384. The molecule has 0 aliphatic carbocycles. The third kappa shape index (κ3) is 7.88. The zero-order valence-electron chi connectivity index (χ0n) is 21.1. The molecule has 0 radical (unpaired) electrons. The van der Waals surface area contributed by atoms with E-state index in [1.807, 2.05) is 0 Å². The number of benzene rings is 3. The van der Waals surface area contributed by atoms with E-state index in [1.165, 1.54) is 42.1 Å². The van der Waals surface area contributed by atoms with E-state index >= 15 is 0 Å². The summed E-state index contributed by atoms with van der Waals surface area (Å²) in [4.78, 5) is 49.3. The molecule has 0 spiro atoms. The zero-order chi connectivity index (χ0) is 28.5. The Morgan fingerprint density at radius 2 is 1.68 bits per heavy atom. The summed E-state index contributed by atoms with van der Waals surface area (Å²) in [5.74, 6) is -0.249. The number of aryl methyl sites for hydroxylation is 1. The van der Waals surface area contributed by atoms with Crippen molar-refractivity contribution in [2.75, 3.05) is 16.4 Å². The van der Waals surface area contributed by atoms with E-state index in [-0.39, 0.29) is 23.0 Å². The molecule has 11 nitrogen and oxygen atoms in total. The summed E-state index contributed by atoms with van der Waals surface area (Å²) in [5, 5.41) is 22.7. The average Bonchev–Trinajstić information content (AvgIpc) is 3.37. The topological polar surface area (TPSA) is 156 Å². The summed E-state index contributed by atoms with van der Waals surface area (Å²) < 4.78 is 4.92. The molecule has 4 rings (SSSR count). The van der Waals surface area contributed by atoms with Gasteiger partial charge >= 0.3 is 0 Å². The highest BCUT2D eigenvalue weighted by atomic mass is 32.2. The summed E-state index contributed by atoms with van der Waals surface area (Å²) in [6, 6.07) is 22.4. The largest absolute Gasteiger partial charge is 0.360 e. The van der Waals surface area contributed by atoms with Crippen molar-refractivity contribution in [3.63, 3.8) is 0 Å². The molecule has 1 heterocycles. The minimum absolute atomic E-state index is 0.0547. The highest BCUT2D eigenvalue weighted by Crippen LogP contribution is 2.21. The third-order valence-corrected chi connectivity index (χ3v) is 6.33. The first kappa shape index (κ1) is 27.8. The van der Waals surface area contributed by atoms with Crippen molar-refractivity contribution >= 4 is 52.8 Å². The van der Waals surface area contributed by atoms with Gasteiger partial charge in [0.2, 0.25) is 5.91 Å². The van der Waals surface area contributed by atoms with Crippen LogP contribution in [-0.2, 0) is 9.59 Å². The van der Waals surface area contributed by atoms with Gasteiger partial charge in [0.15, 0.2) is 5.82 Å². The number of hydrogen-bond acceptors (Lipinski definition) is 8. The van der Waals surface area contributed by atoms with Crippen molar-refractivity contribution < 1.29 is 23.8 Å². The first-order valence-corrected chi connectivity index (χ1v) is 12.9. The van der Waals surface area contributed by atoms with Gasteiger partial charge in [0.05, 0.1) is 10.7 Å². The van der Waals surface area contributed by atoms with Gasteiger partial charge in [-0.25, -0.2) is 0 Å². The van der Waals surface area contributed by atoms with Gasteiger partial charge < -0.3 is 20.5 Å². The molecular formula is C28H23N5O6S. The molecule has 0 unspecified atom stereocenters. The van der Waals surface area contributed by atoms with Crippen molar-refractivity contribution in [1.82, 2.24) is 10.5 Å². The highest BCUT2D eigenvalue weighted by Gasteiger charge is 2.16. The fourth-order valence-electron chi connectivity index (χ4n) is 3.39. The van der Waals surface area contributed by atoms with E-state index < -0.39 is 16.7 Å². The van der Waals surface area contributed by atoms with Crippen LogP contribution in [0.25, 0.3) is 6.08 Å². The molecule has 40 heavy (non-hydrogen) atoms. The maximum atomic E-state index is 13.2. The Bertz CT molecular complexity index is 1550. The number of nitrogens with zero attached hydrogens (tertiary/aromatic N) is 2. The number of amides is 3. The van der Waals surface area contributed by atoms with Crippen molar-refractivity contribution in [2.45, 2.75) is 11.8 Å². The number of rotatable bonds is 10. The second-order valence-corrected chi connectivity index (χ2v) is 9.41. The number of thioether (sulfide) groups is 1. The molecule has 0 bridgehead atoms. The molecule has 4 aromatic rings. The van der Waals surface area contributed by atoms with E-state index in [9.17, 15) is 24.5 Å². The Morgan fingerprint density at radius 1 is 0.975 bits per heavy atom. The number of aromatic nitrogens is 1. The molecule has 0 fully saturated rings. The molecule has 0 atom stereocenters. The summed E-state index contributed by atoms with van der Waals surface area (Å²) in [6.45, 7) is 1.73. The first-order valence-electron chi connectivity index (χ1n) is 11.9. The Kier molecular flexibility index (Phi) is 9.05. The van der Waals surface area contributed by atoms with Crippen LogP contribution in [-0.4, -0.2) is 33.6 Å². The van der Waals surface area contributed by atoms with Crippen LogP contribution < -0.4 is 16.0 Å². The van der Waals surface area contributed by atoms with Crippen LogP contribution in [0.5, 0.6) is 0 Å². The molecule has 3 N–H and O–H groups in total.